The number of fused-ring (bicyclic) bond motifs is 1. The number of morpholine rings is 1. The van der Waals surface area contributed by atoms with Crippen molar-refractivity contribution >= 4 is 39.8 Å². The van der Waals surface area contributed by atoms with E-state index < -0.39 is 0 Å². The monoisotopic (exact) mass is 442 g/mol. The molecule has 0 saturated carbocycles. The summed E-state index contributed by atoms with van der Waals surface area (Å²) in [4.78, 5) is 22.5. The molecule has 3 aromatic rings. The Labute approximate surface area is 185 Å². The van der Waals surface area contributed by atoms with Crippen molar-refractivity contribution in [1.82, 2.24) is 14.9 Å². The van der Waals surface area contributed by atoms with Gasteiger partial charge in [0.1, 0.15) is 29.4 Å². The number of carbonyl (C=O) groups excluding carboxylic acids is 1. The Morgan fingerprint density at radius 1 is 1.29 bits per heavy atom. The van der Waals surface area contributed by atoms with Crippen molar-refractivity contribution in [2.24, 2.45) is 0 Å². The van der Waals surface area contributed by atoms with Gasteiger partial charge in [-0.15, -0.1) is 0 Å². The lowest BCUT2D eigenvalue weighted by molar-refractivity contribution is -0.153. The summed E-state index contributed by atoms with van der Waals surface area (Å²) in [6.45, 7) is 2.66. The number of nitrogens with zero attached hydrogens (tertiary/aromatic N) is 3. The number of hydrogen-bond donors (Lipinski definition) is 1. The molecule has 3 heterocycles. The molecule has 0 amide bonds. The highest BCUT2D eigenvalue weighted by Crippen LogP contribution is 2.27. The molecule has 31 heavy (non-hydrogen) atoms. The molecule has 1 unspecified atom stereocenters. The van der Waals surface area contributed by atoms with Crippen LogP contribution in [0, 0.1) is 0 Å². The molecular formula is C22H23ClN4O4. The van der Waals surface area contributed by atoms with Gasteiger partial charge in [-0.05, 0) is 41.8 Å². The molecule has 2 aromatic heterocycles. The summed E-state index contributed by atoms with van der Waals surface area (Å²) in [6.07, 6.45) is 3.40. The van der Waals surface area contributed by atoms with E-state index in [4.69, 9.17) is 25.8 Å². The fourth-order valence-electron chi connectivity index (χ4n) is 3.47. The fraction of sp³-hybridized carbons (Fsp3) is 0.318. The van der Waals surface area contributed by atoms with Crippen LogP contribution in [0.25, 0.3) is 10.8 Å². The first-order chi connectivity index (χ1) is 15.1. The van der Waals surface area contributed by atoms with Gasteiger partial charge in [0.05, 0.1) is 32.2 Å². The van der Waals surface area contributed by atoms with Crippen molar-refractivity contribution in [2.45, 2.75) is 6.04 Å². The highest BCUT2D eigenvalue weighted by atomic mass is 35.5. The van der Waals surface area contributed by atoms with Crippen LogP contribution in [0.5, 0.6) is 5.75 Å². The molecule has 1 aliphatic rings. The fourth-order valence-corrected chi connectivity index (χ4v) is 3.58. The summed E-state index contributed by atoms with van der Waals surface area (Å²) >= 11 is 5.85. The van der Waals surface area contributed by atoms with Crippen molar-refractivity contribution in [3.63, 3.8) is 0 Å². The molecule has 1 saturated heterocycles. The van der Waals surface area contributed by atoms with Crippen LogP contribution in [-0.2, 0) is 14.3 Å². The maximum absolute atomic E-state index is 11.9. The summed E-state index contributed by atoms with van der Waals surface area (Å²) in [7, 11) is 1.39. The summed E-state index contributed by atoms with van der Waals surface area (Å²) in [5.74, 6) is 1.19. The first-order valence-corrected chi connectivity index (χ1v) is 10.3. The lowest BCUT2D eigenvalue weighted by atomic mass is 10.1. The van der Waals surface area contributed by atoms with Gasteiger partial charge in [-0.3, -0.25) is 9.69 Å². The van der Waals surface area contributed by atoms with Crippen molar-refractivity contribution < 1.29 is 19.0 Å². The van der Waals surface area contributed by atoms with Gasteiger partial charge in [0, 0.05) is 24.7 Å². The topological polar surface area (TPSA) is 85.8 Å². The van der Waals surface area contributed by atoms with Gasteiger partial charge in [-0.2, -0.15) is 0 Å². The molecule has 1 fully saturated rings. The first-order valence-electron chi connectivity index (χ1n) is 9.94. The Hall–Kier alpha value is -2.94. The molecule has 1 aromatic carbocycles. The zero-order valence-electron chi connectivity index (χ0n) is 17.1. The second-order valence-electron chi connectivity index (χ2n) is 7.04. The van der Waals surface area contributed by atoms with Gasteiger partial charge in [0.2, 0.25) is 0 Å². The molecule has 0 spiro atoms. The van der Waals surface area contributed by atoms with E-state index >= 15 is 0 Å². The summed E-state index contributed by atoms with van der Waals surface area (Å²) in [5.41, 5.74) is 0.801. The van der Waals surface area contributed by atoms with Gasteiger partial charge in [-0.25, -0.2) is 9.97 Å². The summed E-state index contributed by atoms with van der Waals surface area (Å²) < 4.78 is 16.2. The Kier molecular flexibility index (Phi) is 6.81. The molecular weight excluding hydrogens is 420 g/mol. The van der Waals surface area contributed by atoms with Crippen LogP contribution in [0.15, 0.2) is 48.8 Å². The van der Waals surface area contributed by atoms with Crippen LogP contribution < -0.4 is 10.1 Å². The molecule has 0 radical (unpaired) electrons. The second-order valence-corrected chi connectivity index (χ2v) is 7.42. The number of hydrogen-bond acceptors (Lipinski definition) is 8. The Morgan fingerprint density at radius 3 is 3.00 bits per heavy atom. The predicted octanol–water partition coefficient (Wildman–Crippen LogP) is 3.28. The predicted molar refractivity (Wildman–Crippen MR) is 118 cm³/mol. The van der Waals surface area contributed by atoms with Crippen molar-refractivity contribution in [1.29, 1.82) is 0 Å². The number of aromatic nitrogens is 2. The number of rotatable bonds is 7. The van der Waals surface area contributed by atoms with Crippen molar-refractivity contribution in [3.8, 4) is 5.75 Å². The molecule has 9 heteroatoms. The first kappa shape index (κ1) is 21.3. The van der Waals surface area contributed by atoms with E-state index in [0.29, 0.717) is 38.1 Å². The van der Waals surface area contributed by atoms with Crippen LogP contribution >= 0.6 is 11.6 Å². The molecule has 0 bridgehead atoms. The lowest BCUT2D eigenvalue weighted by Gasteiger charge is -2.33. The Bertz CT molecular complexity index is 1050. The minimum atomic E-state index is -0.388. The average molecular weight is 443 g/mol. The molecule has 162 valence electrons. The van der Waals surface area contributed by atoms with E-state index in [1.807, 2.05) is 35.2 Å². The van der Waals surface area contributed by atoms with E-state index in [9.17, 15) is 4.79 Å². The van der Waals surface area contributed by atoms with Crippen LogP contribution in [0.4, 0.5) is 11.5 Å². The largest absolute Gasteiger partial charge is 0.492 e. The molecule has 1 atom stereocenters. The lowest BCUT2D eigenvalue weighted by Crippen LogP contribution is -2.51. The quantitative estimate of drug-likeness (QED) is 0.440. The number of nitrogens with one attached hydrogen (secondary N) is 1. The van der Waals surface area contributed by atoms with Gasteiger partial charge >= 0.3 is 5.97 Å². The number of anilines is 2. The second kappa shape index (κ2) is 9.91. The van der Waals surface area contributed by atoms with Crippen LogP contribution in [0.1, 0.15) is 0 Å². The van der Waals surface area contributed by atoms with Gasteiger partial charge in [0.15, 0.2) is 0 Å². The minimum absolute atomic E-state index is 0.283. The summed E-state index contributed by atoms with van der Waals surface area (Å²) in [5, 5.41) is 5.66. The maximum atomic E-state index is 11.9. The minimum Gasteiger partial charge on any atom is -0.492 e. The molecule has 1 N–H and O–H groups in total. The van der Waals surface area contributed by atoms with Crippen LogP contribution in [-0.4, -0.2) is 66.9 Å². The number of pyridine rings is 2. The molecule has 4 rings (SSSR count). The van der Waals surface area contributed by atoms with Crippen LogP contribution in [0.2, 0.25) is 5.15 Å². The maximum Gasteiger partial charge on any atom is 0.325 e. The summed E-state index contributed by atoms with van der Waals surface area (Å²) in [6, 6.07) is 11.0. The zero-order chi connectivity index (χ0) is 21.6. The molecule has 0 aliphatic carbocycles. The number of carbonyl (C=O) groups is 1. The van der Waals surface area contributed by atoms with E-state index in [-0.39, 0.29) is 12.0 Å². The molecule has 8 nitrogen and oxygen atoms in total. The van der Waals surface area contributed by atoms with Crippen molar-refractivity contribution in [2.75, 3.05) is 45.3 Å². The van der Waals surface area contributed by atoms with Gasteiger partial charge < -0.3 is 19.5 Å². The highest BCUT2D eigenvalue weighted by molar-refractivity contribution is 6.29. The number of methoxy groups -OCH3 is 1. The highest BCUT2D eigenvalue weighted by Gasteiger charge is 2.29. The average Bonchev–Trinajstić information content (AvgIpc) is 2.80. The molecule has 1 aliphatic heterocycles. The smallest absolute Gasteiger partial charge is 0.325 e. The SMILES string of the molecule is COC(=O)C1COCCN1CCOc1ccc2c(Nc3ccc(Cl)nc3)nccc2c1. The third-order valence-corrected chi connectivity index (χ3v) is 5.31. The van der Waals surface area contributed by atoms with Gasteiger partial charge in [-0.1, -0.05) is 11.6 Å². The Balaban J connectivity index is 1.41. The normalized spacial score (nSPS) is 16.8. The van der Waals surface area contributed by atoms with Gasteiger partial charge in [0.25, 0.3) is 0 Å². The number of benzene rings is 1. The van der Waals surface area contributed by atoms with E-state index in [2.05, 4.69) is 15.3 Å². The third kappa shape index (κ3) is 5.22. The zero-order valence-corrected chi connectivity index (χ0v) is 17.8. The third-order valence-electron chi connectivity index (χ3n) is 5.09. The van der Waals surface area contributed by atoms with E-state index in [0.717, 1.165) is 28.0 Å². The Morgan fingerprint density at radius 2 is 2.19 bits per heavy atom. The van der Waals surface area contributed by atoms with E-state index in [1.165, 1.54) is 7.11 Å². The standard InChI is InChI=1S/C22H23ClN4O4/c1-29-22(28)19-14-30-10-8-27(19)9-11-31-17-3-4-18-15(12-17)6-7-24-21(18)26-16-2-5-20(23)25-13-16/h2-7,12-13,19H,8-11,14H2,1H3,(H,24,26). The van der Waals surface area contributed by atoms with Crippen molar-refractivity contribution in [3.05, 3.63) is 53.9 Å². The van der Waals surface area contributed by atoms with E-state index in [1.54, 1.807) is 18.5 Å². The van der Waals surface area contributed by atoms with Crippen LogP contribution in [0.3, 0.4) is 0 Å². The number of ether oxygens (including phenoxy) is 3. The number of esters is 1. The number of halogens is 1.